The van der Waals surface area contributed by atoms with Crippen LogP contribution in [0.5, 0.6) is 0 Å². The summed E-state index contributed by atoms with van der Waals surface area (Å²) in [4.78, 5) is 24.6. The monoisotopic (exact) mass is 427 g/mol. The van der Waals surface area contributed by atoms with Crippen molar-refractivity contribution in [3.05, 3.63) is 95.3 Å². The van der Waals surface area contributed by atoms with E-state index < -0.39 is 11.2 Å². The molecule has 0 amide bonds. The number of hydrogen-bond donors (Lipinski definition) is 0. The predicted molar refractivity (Wildman–Crippen MR) is 115 cm³/mol. The quantitative estimate of drug-likeness (QED) is 0.305. The number of carbonyl (C=O) groups excluding carboxylic acids is 2. The summed E-state index contributed by atoms with van der Waals surface area (Å²) in [6.07, 6.45) is 5.84. The van der Waals surface area contributed by atoms with E-state index in [4.69, 9.17) is 0 Å². The Kier molecular flexibility index (Phi) is 9.18. The molecule has 1 aromatic heterocycles. The molecule has 0 aliphatic rings. The number of carbonyl (C=O) groups is 2. The zero-order valence-corrected chi connectivity index (χ0v) is 20.2. The van der Waals surface area contributed by atoms with Gasteiger partial charge >= 0.3 is 29.6 Å². The fourth-order valence-corrected chi connectivity index (χ4v) is 3.74. The molecular formula is C24H22NNaO3S. The summed E-state index contributed by atoms with van der Waals surface area (Å²) >= 11 is 1.26. The van der Waals surface area contributed by atoms with E-state index in [2.05, 4.69) is 0 Å². The Labute approximate surface area is 203 Å². The van der Waals surface area contributed by atoms with Crippen LogP contribution in [0.4, 0.5) is 0 Å². The summed E-state index contributed by atoms with van der Waals surface area (Å²) in [6.45, 7) is 4.17. The van der Waals surface area contributed by atoms with Crippen molar-refractivity contribution in [2.75, 3.05) is 0 Å². The molecule has 0 saturated carbocycles. The maximum atomic E-state index is 12.8. The van der Waals surface area contributed by atoms with Gasteiger partial charge in [-0.1, -0.05) is 54.1 Å². The Hall–Kier alpha value is -2.05. The van der Waals surface area contributed by atoms with Crippen molar-refractivity contribution in [3.63, 3.8) is 0 Å². The maximum Gasteiger partial charge on any atom is 1.00 e. The van der Waals surface area contributed by atoms with Gasteiger partial charge in [0.25, 0.3) is 0 Å². The summed E-state index contributed by atoms with van der Waals surface area (Å²) in [5, 5.41) is 10.3. The fourth-order valence-electron chi connectivity index (χ4n) is 2.88. The van der Waals surface area contributed by atoms with E-state index in [1.54, 1.807) is 6.92 Å². The van der Waals surface area contributed by atoms with E-state index in [-0.39, 0.29) is 35.3 Å². The third-order valence-electron chi connectivity index (χ3n) is 4.49. The third-order valence-corrected chi connectivity index (χ3v) is 5.56. The van der Waals surface area contributed by atoms with Gasteiger partial charge in [-0.15, -0.1) is 11.8 Å². The Morgan fingerprint density at radius 1 is 1.10 bits per heavy atom. The van der Waals surface area contributed by atoms with Gasteiger partial charge in [0.2, 0.25) is 5.78 Å². The molecule has 6 heteroatoms. The smallest absolute Gasteiger partial charge is 0.549 e. The molecule has 3 aromatic rings. The van der Waals surface area contributed by atoms with Crippen LogP contribution in [-0.2, 0) is 11.3 Å². The number of carboxylic acid groups (broad SMARTS) is 1. The first-order valence-corrected chi connectivity index (χ1v) is 10.2. The SMILES string of the molecule is Cc1ccc(C(=O)c2cccn2C/C=C/c2cccc(S[C@H](C)C(=O)[O-])c2)cc1.[Na+]. The van der Waals surface area contributed by atoms with Crippen LogP contribution in [0.3, 0.4) is 0 Å². The van der Waals surface area contributed by atoms with Crippen molar-refractivity contribution < 1.29 is 44.3 Å². The van der Waals surface area contributed by atoms with Crippen LogP contribution in [0, 0.1) is 6.92 Å². The normalized spacial score (nSPS) is 11.8. The minimum absolute atomic E-state index is 0. The van der Waals surface area contributed by atoms with Crippen molar-refractivity contribution in [1.82, 2.24) is 4.57 Å². The Bertz CT molecular complexity index is 1040. The van der Waals surface area contributed by atoms with E-state index in [1.165, 1.54) is 11.8 Å². The molecule has 0 spiro atoms. The van der Waals surface area contributed by atoms with Gasteiger partial charge in [0.1, 0.15) is 0 Å². The summed E-state index contributed by atoms with van der Waals surface area (Å²) in [5.41, 5.74) is 3.41. The van der Waals surface area contributed by atoms with Crippen LogP contribution >= 0.6 is 11.8 Å². The van der Waals surface area contributed by atoms with Crippen LogP contribution in [0.1, 0.15) is 34.1 Å². The first-order chi connectivity index (χ1) is 13.9. The van der Waals surface area contributed by atoms with Gasteiger partial charge in [-0.3, -0.25) is 4.79 Å². The van der Waals surface area contributed by atoms with Crippen molar-refractivity contribution in [1.29, 1.82) is 0 Å². The molecule has 3 rings (SSSR count). The van der Waals surface area contributed by atoms with Crippen molar-refractivity contribution in [2.24, 2.45) is 0 Å². The first-order valence-electron chi connectivity index (χ1n) is 9.34. The molecular weight excluding hydrogens is 405 g/mol. The number of nitrogens with zero attached hydrogens (tertiary/aromatic N) is 1. The molecule has 0 saturated heterocycles. The van der Waals surface area contributed by atoms with Crippen LogP contribution in [0.25, 0.3) is 6.08 Å². The van der Waals surface area contributed by atoms with E-state index in [0.29, 0.717) is 17.8 Å². The summed E-state index contributed by atoms with van der Waals surface area (Å²) in [7, 11) is 0. The van der Waals surface area contributed by atoms with E-state index in [9.17, 15) is 14.7 Å². The van der Waals surface area contributed by atoms with Crippen LogP contribution in [-0.4, -0.2) is 21.6 Å². The maximum absolute atomic E-state index is 12.8. The average molecular weight is 428 g/mol. The van der Waals surface area contributed by atoms with Gasteiger partial charge in [0.15, 0.2) is 0 Å². The molecule has 2 aromatic carbocycles. The Balaban J connectivity index is 0.00000320. The molecule has 1 atom stereocenters. The van der Waals surface area contributed by atoms with Crippen LogP contribution in [0.2, 0.25) is 0 Å². The number of aryl methyl sites for hydroxylation is 1. The molecule has 0 bridgehead atoms. The van der Waals surface area contributed by atoms with Gasteiger partial charge in [0.05, 0.1) is 11.7 Å². The third kappa shape index (κ3) is 6.47. The number of hydrogen-bond acceptors (Lipinski definition) is 4. The molecule has 0 aliphatic heterocycles. The van der Waals surface area contributed by atoms with Gasteiger partial charge in [-0.25, -0.2) is 0 Å². The Morgan fingerprint density at radius 3 is 2.53 bits per heavy atom. The number of allylic oxidation sites excluding steroid dienone is 1. The largest absolute Gasteiger partial charge is 1.00 e. The number of carboxylic acids is 1. The first kappa shape index (κ1) is 24.2. The molecule has 0 N–H and O–H groups in total. The van der Waals surface area contributed by atoms with Crippen molar-refractivity contribution in [3.8, 4) is 0 Å². The molecule has 0 unspecified atom stereocenters. The second-order valence-corrected chi connectivity index (χ2v) is 8.21. The summed E-state index contributed by atoms with van der Waals surface area (Å²) in [5.74, 6) is -1.08. The molecule has 30 heavy (non-hydrogen) atoms. The van der Waals surface area contributed by atoms with Gasteiger partial charge in [-0.05, 0) is 43.7 Å². The number of aromatic nitrogens is 1. The van der Waals surface area contributed by atoms with Gasteiger partial charge in [0, 0.05) is 28.5 Å². The van der Waals surface area contributed by atoms with E-state index in [1.807, 2.05) is 90.5 Å². The molecule has 4 nitrogen and oxygen atoms in total. The topological polar surface area (TPSA) is 62.1 Å². The molecule has 1 heterocycles. The van der Waals surface area contributed by atoms with Gasteiger partial charge in [-0.2, -0.15) is 0 Å². The Morgan fingerprint density at radius 2 is 1.83 bits per heavy atom. The second-order valence-electron chi connectivity index (χ2n) is 6.79. The second kappa shape index (κ2) is 11.4. The zero-order valence-electron chi connectivity index (χ0n) is 17.4. The molecule has 148 valence electrons. The van der Waals surface area contributed by atoms with Crippen molar-refractivity contribution >= 4 is 29.6 Å². The number of thioether (sulfide) groups is 1. The minimum Gasteiger partial charge on any atom is -0.549 e. The average Bonchev–Trinajstić information content (AvgIpc) is 3.17. The van der Waals surface area contributed by atoms with Crippen molar-refractivity contribution in [2.45, 2.75) is 30.5 Å². The number of benzene rings is 2. The van der Waals surface area contributed by atoms with E-state index >= 15 is 0 Å². The molecule has 0 radical (unpaired) electrons. The standard InChI is InChI=1S/C24H23NO3S.Na/c1-17-10-12-20(13-11-17)23(26)22-9-5-15-25(22)14-4-7-19-6-3-8-21(16-19)29-18(2)24(27)28;/h3-13,15-16,18H,14H2,1-2H3,(H,27,28);/q;+1/p-1/b7-4+;/t18-;/m1./s1. The molecule has 0 fully saturated rings. The van der Waals surface area contributed by atoms with Crippen LogP contribution in [0.15, 0.2) is 77.8 Å². The molecule has 0 aliphatic carbocycles. The van der Waals surface area contributed by atoms with E-state index in [0.717, 1.165) is 16.0 Å². The summed E-state index contributed by atoms with van der Waals surface area (Å²) < 4.78 is 1.91. The number of ketones is 1. The number of aliphatic carboxylic acids is 1. The zero-order chi connectivity index (χ0) is 20.8. The number of rotatable bonds is 8. The minimum atomic E-state index is -1.07. The van der Waals surface area contributed by atoms with Crippen LogP contribution < -0.4 is 34.7 Å². The predicted octanol–water partition coefficient (Wildman–Crippen LogP) is 0.975. The fraction of sp³-hybridized carbons (Fsp3) is 0.167. The summed E-state index contributed by atoms with van der Waals surface area (Å²) in [6, 6.07) is 18.9. The van der Waals surface area contributed by atoms with Gasteiger partial charge < -0.3 is 14.5 Å².